The summed E-state index contributed by atoms with van der Waals surface area (Å²) < 4.78 is 8.11. The van der Waals surface area contributed by atoms with Crippen molar-refractivity contribution in [2.45, 2.75) is 84.1 Å². The maximum atomic E-state index is 13.1. The second-order valence-corrected chi connectivity index (χ2v) is 15.9. The van der Waals surface area contributed by atoms with Crippen molar-refractivity contribution in [3.63, 3.8) is 0 Å². The van der Waals surface area contributed by atoms with Gasteiger partial charge in [0.15, 0.2) is 11.4 Å². The smallest absolute Gasteiger partial charge is 0.247 e. The number of nitrogens with one attached hydrogen (secondary N) is 2. The molecule has 0 spiro atoms. The molecule has 3 aliphatic rings. The van der Waals surface area contributed by atoms with Crippen molar-refractivity contribution in [3.05, 3.63) is 67.5 Å². The summed E-state index contributed by atoms with van der Waals surface area (Å²) in [6.07, 6.45) is 14.9. The molecular weight excluding hydrogens is 665 g/mol. The number of benzene rings is 2. The molecule has 2 saturated carbocycles. The molecule has 1 saturated heterocycles. The van der Waals surface area contributed by atoms with E-state index in [9.17, 15) is 9.59 Å². The Bertz CT molecular complexity index is 1920. The van der Waals surface area contributed by atoms with Crippen molar-refractivity contribution in [2.24, 2.45) is 23.2 Å². The number of nitrogens with two attached hydrogens (primary N) is 1. The van der Waals surface area contributed by atoms with Crippen molar-refractivity contribution in [2.75, 3.05) is 37.2 Å². The zero-order valence-corrected chi connectivity index (χ0v) is 31.2. The van der Waals surface area contributed by atoms with Crippen LogP contribution in [0.1, 0.15) is 84.1 Å². The molecule has 2 amide bonds. The third kappa shape index (κ3) is 8.40. The van der Waals surface area contributed by atoms with Crippen LogP contribution in [0.4, 0.5) is 11.5 Å². The standard InChI is InChI=1S/C42H54N8O3/c1-4-36(51)47-34-24-31(12-13-35(34)53-33-10-6-5-7-11-33)38-37-39(43)45-27-46-40(37)50(48-38)32-15-20-49(21-16-32)22-19-44-41(52)29(3)14-18-42-17-8-9-30(26-42)23-28(2)25-42/h4-7,10-13,24,27-30,32H,1,8-9,14-23,25-26H2,2-3H3,(H,44,52)(H,47,51)(H2,43,45,46)/t28?,29-,30?,42?/m1/s1. The molecule has 3 fully saturated rings. The number of ether oxygens (including phenoxy) is 1. The maximum absolute atomic E-state index is 13.1. The van der Waals surface area contributed by atoms with Crippen molar-refractivity contribution in [3.8, 4) is 22.8 Å². The van der Waals surface area contributed by atoms with Crippen LogP contribution in [0.25, 0.3) is 22.3 Å². The molecule has 7 rings (SSSR count). The van der Waals surface area contributed by atoms with E-state index in [0.717, 1.165) is 56.3 Å². The van der Waals surface area contributed by atoms with Crippen molar-refractivity contribution in [1.82, 2.24) is 30.0 Å². The van der Waals surface area contributed by atoms with Gasteiger partial charge in [-0.15, -0.1) is 0 Å². The Balaban J connectivity index is 0.975. The van der Waals surface area contributed by atoms with Crippen LogP contribution in [0.5, 0.6) is 11.5 Å². The van der Waals surface area contributed by atoms with E-state index in [0.29, 0.717) is 51.7 Å². The van der Waals surface area contributed by atoms with Crippen LogP contribution in [0, 0.1) is 23.2 Å². The molecule has 3 heterocycles. The minimum Gasteiger partial charge on any atom is -0.455 e. The topological polar surface area (TPSA) is 140 Å². The van der Waals surface area contributed by atoms with E-state index >= 15 is 0 Å². The van der Waals surface area contributed by atoms with Crippen LogP contribution >= 0.6 is 0 Å². The first-order valence-corrected chi connectivity index (χ1v) is 19.5. The van der Waals surface area contributed by atoms with E-state index in [1.54, 1.807) is 0 Å². The number of hydrogen-bond donors (Lipinski definition) is 3. The lowest BCUT2D eigenvalue weighted by atomic mass is 9.57. The zero-order valence-electron chi connectivity index (χ0n) is 31.2. The van der Waals surface area contributed by atoms with Gasteiger partial charge < -0.3 is 26.0 Å². The summed E-state index contributed by atoms with van der Waals surface area (Å²) in [4.78, 5) is 36.9. The number of aromatic nitrogens is 4. The molecule has 4 N–H and O–H groups in total. The second kappa shape index (κ2) is 16.1. The van der Waals surface area contributed by atoms with Crippen LogP contribution in [0.3, 0.4) is 0 Å². The number of carbonyl (C=O) groups excluding carboxylic acids is 2. The Kier molecular flexibility index (Phi) is 11.1. The number of piperidine rings is 1. The van der Waals surface area contributed by atoms with Gasteiger partial charge in [-0.05, 0) is 105 Å². The largest absolute Gasteiger partial charge is 0.455 e. The molecule has 2 aromatic carbocycles. The van der Waals surface area contributed by atoms with Gasteiger partial charge in [-0.2, -0.15) is 5.10 Å². The molecular formula is C42H54N8O3. The number of likely N-dealkylation sites (tertiary alicyclic amines) is 1. The van der Waals surface area contributed by atoms with E-state index < -0.39 is 0 Å². The van der Waals surface area contributed by atoms with Gasteiger partial charge in [0.05, 0.1) is 17.1 Å². The fourth-order valence-corrected chi connectivity index (χ4v) is 9.36. The van der Waals surface area contributed by atoms with Crippen LogP contribution < -0.4 is 21.1 Å². The number of anilines is 2. The highest BCUT2D eigenvalue weighted by atomic mass is 16.5. The summed E-state index contributed by atoms with van der Waals surface area (Å²) in [5.41, 5.74) is 9.48. The molecule has 4 aromatic rings. The molecule has 1 aliphatic heterocycles. The fraction of sp³-hybridized carbons (Fsp3) is 0.500. The number of para-hydroxylation sites is 1. The Morgan fingerprint density at radius 1 is 1.11 bits per heavy atom. The minimum absolute atomic E-state index is 0.0476. The summed E-state index contributed by atoms with van der Waals surface area (Å²) in [6, 6.07) is 15.1. The van der Waals surface area contributed by atoms with E-state index in [1.807, 2.05) is 53.2 Å². The quantitative estimate of drug-likeness (QED) is 0.119. The maximum Gasteiger partial charge on any atom is 0.247 e. The average molecular weight is 719 g/mol. The molecule has 2 bridgehead atoms. The number of hydrogen-bond acceptors (Lipinski definition) is 8. The number of fused-ring (bicyclic) bond motifs is 3. The Labute approximate surface area is 312 Å². The molecule has 280 valence electrons. The average Bonchev–Trinajstić information content (AvgIpc) is 3.56. The fourth-order valence-electron chi connectivity index (χ4n) is 9.36. The zero-order chi connectivity index (χ0) is 37.0. The van der Waals surface area contributed by atoms with Crippen LogP contribution in [-0.4, -0.2) is 62.6 Å². The number of nitrogens with zero attached hydrogens (tertiary/aromatic N) is 5. The first-order chi connectivity index (χ1) is 25.7. The number of nitrogen functional groups attached to an aromatic ring is 1. The molecule has 3 unspecified atom stereocenters. The highest BCUT2D eigenvalue weighted by Gasteiger charge is 2.41. The minimum atomic E-state index is -0.356. The SMILES string of the molecule is C=CC(=O)Nc1cc(-c2nn(C3CCN(CCNC(=O)[C@H](C)CCC45CCCC(CC(C)C4)C5)CC3)c3ncnc(N)c23)ccc1Oc1ccccc1. The molecule has 0 radical (unpaired) electrons. The number of carbonyl (C=O) groups is 2. The normalized spacial score (nSPS) is 22.6. The van der Waals surface area contributed by atoms with Gasteiger partial charge in [0.25, 0.3) is 0 Å². The lowest BCUT2D eigenvalue weighted by Gasteiger charge is -2.48. The first kappa shape index (κ1) is 36.6. The van der Waals surface area contributed by atoms with Crippen LogP contribution in [0.15, 0.2) is 67.5 Å². The Morgan fingerprint density at radius 2 is 1.92 bits per heavy atom. The first-order valence-electron chi connectivity index (χ1n) is 19.5. The second-order valence-electron chi connectivity index (χ2n) is 15.9. The summed E-state index contributed by atoms with van der Waals surface area (Å²) >= 11 is 0. The van der Waals surface area contributed by atoms with Crippen LogP contribution in [0.2, 0.25) is 0 Å². The summed E-state index contributed by atoms with van der Waals surface area (Å²) in [6.45, 7) is 11.4. The molecule has 2 aliphatic carbocycles. The summed E-state index contributed by atoms with van der Waals surface area (Å²) in [7, 11) is 0. The monoisotopic (exact) mass is 718 g/mol. The van der Waals surface area contributed by atoms with Gasteiger partial charge in [0.1, 0.15) is 23.6 Å². The Morgan fingerprint density at radius 3 is 2.72 bits per heavy atom. The molecule has 53 heavy (non-hydrogen) atoms. The summed E-state index contributed by atoms with van der Waals surface area (Å²) in [5, 5.41) is 11.9. The third-order valence-corrected chi connectivity index (χ3v) is 11.9. The van der Waals surface area contributed by atoms with Crippen molar-refractivity contribution < 1.29 is 14.3 Å². The summed E-state index contributed by atoms with van der Waals surface area (Å²) in [5.74, 6) is 3.08. The Hall–Kier alpha value is -4.77. The molecule has 4 atom stereocenters. The predicted octanol–water partition coefficient (Wildman–Crippen LogP) is 7.77. The van der Waals surface area contributed by atoms with E-state index in [-0.39, 0.29) is 23.8 Å². The van der Waals surface area contributed by atoms with Gasteiger partial charge in [-0.1, -0.05) is 51.5 Å². The van der Waals surface area contributed by atoms with Gasteiger partial charge in [0, 0.05) is 37.7 Å². The highest BCUT2D eigenvalue weighted by molar-refractivity contribution is 6.02. The van der Waals surface area contributed by atoms with E-state index in [4.69, 9.17) is 15.6 Å². The molecule has 11 nitrogen and oxygen atoms in total. The predicted molar refractivity (Wildman–Crippen MR) is 209 cm³/mol. The van der Waals surface area contributed by atoms with Gasteiger partial charge in [-0.3, -0.25) is 9.59 Å². The number of rotatable bonds is 13. The van der Waals surface area contributed by atoms with Crippen LogP contribution in [-0.2, 0) is 9.59 Å². The van der Waals surface area contributed by atoms with E-state index in [1.165, 1.54) is 57.3 Å². The van der Waals surface area contributed by atoms with Crippen molar-refractivity contribution >= 4 is 34.4 Å². The van der Waals surface area contributed by atoms with Crippen molar-refractivity contribution in [1.29, 1.82) is 0 Å². The lowest BCUT2D eigenvalue weighted by molar-refractivity contribution is -0.125. The number of amides is 2. The highest BCUT2D eigenvalue weighted by Crippen LogP contribution is 2.53. The third-order valence-electron chi connectivity index (χ3n) is 11.9. The van der Waals surface area contributed by atoms with Gasteiger partial charge in [-0.25, -0.2) is 14.6 Å². The van der Waals surface area contributed by atoms with Gasteiger partial charge in [0.2, 0.25) is 11.8 Å². The molecule has 2 aromatic heterocycles. The van der Waals surface area contributed by atoms with E-state index in [2.05, 4.69) is 45.9 Å². The lowest BCUT2D eigenvalue weighted by Crippen LogP contribution is -2.41. The molecule has 11 heteroatoms. The van der Waals surface area contributed by atoms with Gasteiger partial charge >= 0.3 is 0 Å².